The summed E-state index contributed by atoms with van der Waals surface area (Å²) in [5, 5.41) is 4.13. The minimum absolute atomic E-state index is 0.590. The van der Waals surface area contributed by atoms with Crippen LogP contribution in [0.15, 0.2) is 30.6 Å². The second-order valence-corrected chi connectivity index (χ2v) is 3.34. The topological polar surface area (TPSA) is 43.8 Å². The number of aryl methyl sites for hydroxylation is 1. The number of rotatable bonds is 1. The number of hydrogen-bond acceptors (Lipinski definition) is 2. The van der Waals surface area contributed by atoms with E-state index in [1.807, 2.05) is 31.3 Å². The minimum atomic E-state index is 0.590. The van der Waals surface area contributed by atoms with Gasteiger partial charge in [-0.2, -0.15) is 5.10 Å². The van der Waals surface area contributed by atoms with Gasteiger partial charge in [0.15, 0.2) is 0 Å². The highest BCUT2D eigenvalue weighted by atomic mass is 15.3. The number of nitrogens with two attached hydrogens (primary N) is 1. The molecular weight excluding hydrogens is 186 g/mol. The van der Waals surface area contributed by atoms with Crippen molar-refractivity contribution in [3.8, 4) is 18.0 Å². The number of terminal acetylenes is 1. The molecule has 2 N–H and O–H groups in total. The fraction of sp³-hybridized carbons (Fsp3) is 0.0833. The van der Waals surface area contributed by atoms with E-state index in [2.05, 4.69) is 11.0 Å². The van der Waals surface area contributed by atoms with Crippen LogP contribution in [0.2, 0.25) is 0 Å². The summed E-state index contributed by atoms with van der Waals surface area (Å²) in [6.07, 6.45) is 8.93. The summed E-state index contributed by atoms with van der Waals surface area (Å²) in [7, 11) is 0. The number of hydrogen-bond donors (Lipinski definition) is 1. The van der Waals surface area contributed by atoms with Crippen LogP contribution in [0.25, 0.3) is 5.69 Å². The molecule has 0 aliphatic heterocycles. The van der Waals surface area contributed by atoms with E-state index >= 15 is 0 Å². The zero-order chi connectivity index (χ0) is 10.8. The lowest BCUT2D eigenvalue weighted by Crippen LogP contribution is -2.03. The Morgan fingerprint density at radius 2 is 2.27 bits per heavy atom. The van der Waals surface area contributed by atoms with Crippen LogP contribution in [-0.2, 0) is 0 Å². The van der Waals surface area contributed by atoms with Gasteiger partial charge in [0.1, 0.15) is 0 Å². The van der Waals surface area contributed by atoms with Gasteiger partial charge in [-0.15, -0.1) is 6.42 Å². The number of nitrogens with zero attached hydrogens (tertiary/aromatic N) is 2. The highest BCUT2D eigenvalue weighted by Gasteiger charge is 2.06. The fourth-order valence-corrected chi connectivity index (χ4v) is 1.50. The van der Waals surface area contributed by atoms with Crippen molar-refractivity contribution in [1.29, 1.82) is 0 Å². The predicted molar refractivity (Wildman–Crippen MR) is 60.6 cm³/mol. The van der Waals surface area contributed by atoms with Gasteiger partial charge in [0, 0.05) is 18.0 Å². The van der Waals surface area contributed by atoms with Crippen LogP contribution in [0.4, 0.5) is 5.69 Å². The molecule has 0 amide bonds. The Hall–Kier alpha value is -2.21. The summed E-state index contributed by atoms with van der Waals surface area (Å²) < 4.78 is 1.71. The van der Waals surface area contributed by atoms with E-state index in [4.69, 9.17) is 12.2 Å². The van der Waals surface area contributed by atoms with Crippen LogP contribution in [0.1, 0.15) is 11.1 Å². The lowest BCUT2D eigenvalue weighted by molar-refractivity contribution is 0.881. The SMILES string of the molecule is C#Cc1cc(C)cc(-n2cccn2)c1N. The molecule has 74 valence electrons. The van der Waals surface area contributed by atoms with Crippen LogP contribution in [0, 0.1) is 19.3 Å². The van der Waals surface area contributed by atoms with Gasteiger partial charge in [0.25, 0.3) is 0 Å². The molecule has 0 saturated heterocycles. The first-order chi connectivity index (χ1) is 7.22. The van der Waals surface area contributed by atoms with Gasteiger partial charge in [0.2, 0.25) is 0 Å². The number of aromatic nitrogens is 2. The first kappa shape index (κ1) is 9.35. The van der Waals surface area contributed by atoms with E-state index in [1.54, 1.807) is 10.9 Å². The smallest absolute Gasteiger partial charge is 0.0890 e. The van der Waals surface area contributed by atoms with Crippen molar-refractivity contribution in [3.05, 3.63) is 41.7 Å². The van der Waals surface area contributed by atoms with Gasteiger partial charge >= 0.3 is 0 Å². The molecule has 0 spiro atoms. The second kappa shape index (κ2) is 3.50. The molecule has 2 rings (SSSR count). The summed E-state index contributed by atoms with van der Waals surface area (Å²) in [6.45, 7) is 1.98. The van der Waals surface area contributed by atoms with Crippen molar-refractivity contribution in [2.75, 3.05) is 5.73 Å². The molecule has 1 heterocycles. The highest BCUT2D eigenvalue weighted by molar-refractivity contribution is 5.68. The van der Waals surface area contributed by atoms with Gasteiger partial charge in [-0.3, -0.25) is 0 Å². The van der Waals surface area contributed by atoms with E-state index in [0.717, 1.165) is 11.3 Å². The van der Waals surface area contributed by atoms with E-state index in [1.165, 1.54) is 0 Å². The molecular formula is C12H11N3. The van der Waals surface area contributed by atoms with Crippen LogP contribution >= 0.6 is 0 Å². The summed E-state index contributed by atoms with van der Waals surface area (Å²) in [6, 6.07) is 5.70. The molecule has 0 atom stereocenters. The lowest BCUT2D eigenvalue weighted by Gasteiger charge is -2.09. The predicted octanol–water partition coefficient (Wildman–Crippen LogP) is 1.74. The number of benzene rings is 1. The van der Waals surface area contributed by atoms with Crippen molar-refractivity contribution >= 4 is 5.69 Å². The normalized spacial score (nSPS) is 9.87. The van der Waals surface area contributed by atoms with Crippen LogP contribution in [0.5, 0.6) is 0 Å². The van der Waals surface area contributed by atoms with Crippen LogP contribution in [-0.4, -0.2) is 9.78 Å². The largest absolute Gasteiger partial charge is 0.396 e. The Morgan fingerprint density at radius 3 is 2.87 bits per heavy atom. The quantitative estimate of drug-likeness (QED) is 0.559. The van der Waals surface area contributed by atoms with E-state index in [0.29, 0.717) is 11.3 Å². The van der Waals surface area contributed by atoms with Crippen molar-refractivity contribution in [2.45, 2.75) is 6.92 Å². The van der Waals surface area contributed by atoms with Gasteiger partial charge in [-0.25, -0.2) is 4.68 Å². The summed E-state index contributed by atoms with van der Waals surface area (Å²) >= 11 is 0. The van der Waals surface area contributed by atoms with Crippen molar-refractivity contribution in [1.82, 2.24) is 9.78 Å². The first-order valence-electron chi connectivity index (χ1n) is 4.59. The average Bonchev–Trinajstić information content (AvgIpc) is 2.74. The molecule has 3 nitrogen and oxygen atoms in total. The zero-order valence-corrected chi connectivity index (χ0v) is 8.44. The van der Waals surface area contributed by atoms with Crippen molar-refractivity contribution < 1.29 is 0 Å². The van der Waals surface area contributed by atoms with Gasteiger partial charge in [0.05, 0.1) is 11.4 Å². The molecule has 3 heteroatoms. The maximum atomic E-state index is 5.95. The Balaban J connectivity index is 2.68. The Morgan fingerprint density at radius 1 is 1.47 bits per heavy atom. The third-order valence-electron chi connectivity index (χ3n) is 2.21. The maximum Gasteiger partial charge on any atom is 0.0890 e. The Bertz CT molecular complexity index is 519. The molecule has 0 aliphatic carbocycles. The van der Waals surface area contributed by atoms with E-state index in [9.17, 15) is 0 Å². The standard InChI is InChI=1S/C12H11N3/c1-3-10-7-9(2)8-11(12(10)13)15-6-4-5-14-15/h1,4-8H,13H2,2H3. The van der Waals surface area contributed by atoms with E-state index in [-0.39, 0.29) is 0 Å². The molecule has 1 aromatic heterocycles. The first-order valence-corrected chi connectivity index (χ1v) is 4.59. The molecule has 0 unspecified atom stereocenters. The van der Waals surface area contributed by atoms with Crippen molar-refractivity contribution in [3.63, 3.8) is 0 Å². The molecule has 0 aliphatic rings. The molecule has 1 aromatic carbocycles. The fourth-order valence-electron chi connectivity index (χ4n) is 1.50. The number of anilines is 1. The maximum absolute atomic E-state index is 5.95. The number of nitrogen functional groups attached to an aromatic ring is 1. The molecule has 0 fully saturated rings. The molecule has 2 aromatic rings. The average molecular weight is 197 g/mol. The van der Waals surface area contributed by atoms with Crippen molar-refractivity contribution in [2.24, 2.45) is 0 Å². The monoisotopic (exact) mass is 197 g/mol. The third-order valence-corrected chi connectivity index (χ3v) is 2.21. The second-order valence-electron chi connectivity index (χ2n) is 3.34. The molecule has 15 heavy (non-hydrogen) atoms. The summed E-state index contributed by atoms with van der Waals surface area (Å²) in [5.74, 6) is 2.57. The summed E-state index contributed by atoms with van der Waals surface area (Å²) in [4.78, 5) is 0. The zero-order valence-electron chi connectivity index (χ0n) is 8.44. The highest BCUT2D eigenvalue weighted by Crippen LogP contribution is 2.22. The third kappa shape index (κ3) is 1.57. The summed E-state index contributed by atoms with van der Waals surface area (Å²) in [5.41, 5.74) is 9.15. The Kier molecular flexibility index (Phi) is 2.18. The van der Waals surface area contributed by atoms with Gasteiger partial charge in [-0.1, -0.05) is 5.92 Å². The lowest BCUT2D eigenvalue weighted by atomic mass is 10.1. The Labute approximate surface area is 88.5 Å². The molecule has 0 bridgehead atoms. The van der Waals surface area contributed by atoms with Gasteiger partial charge in [-0.05, 0) is 30.7 Å². The molecule has 0 saturated carbocycles. The van der Waals surface area contributed by atoms with Gasteiger partial charge < -0.3 is 5.73 Å². The van der Waals surface area contributed by atoms with E-state index < -0.39 is 0 Å². The minimum Gasteiger partial charge on any atom is -0.396 e. The molecule has 0 radical (unpaired) electrons. The van der Waals surface area contributed by atoms with Crippen LogP contribution in [0.3, 0.4) is 0 Å². The van der Waals surface area contributed by atoms with Crippen LogP contribution < -0.4 is 5.73 Å².